The molecule has 0 saturated carbocycles. The van der Waals surface area contributed by atoms with Crippen molar-refractivity contribution in [1.29, 1.82) is 0 Å². The Morgan fingerprint density at radius 2 is 1.58 bits per heavy atom. The van der Waals surface area contributed by atoms with Crippen LogP contribution < -0.4 is 9.47 Å². The van der Waals surface area contributed by atoms with Crippen LogP contribution in [0.2, 0.25) is 5.02 Å². The Labute approximate surface area is 145 Å². The summed E-state index contributed by atoms with van der Waals surface area (Å²) in [5.41, 5.74) is 1.97. The zero-order valence-corrected chi connectivity index (χ0v) is 14.3. The molecule has 24 heavy (non-hydrogen) atoms. The maximum absolute atomic E-state index is 12.2. The lowest BCUT2D eigenvalue weighted by Gasteiger charge is -2.12. The lowest BCUT2D eigenvalue weighted by molar-refractivity contribution is -0.136. The lowest BCUT2D eigenvalue weighted by atomic mass is 10.1. The van der Waals surface area contributed by atoms with Gasteiger partial charge in [-0.2, -0.15) is 0 Å². The second kappa shape index (κ2) is 6.93. The molecule has 0 amide bonds. The predicted molar refractivity (Wildman–Crippen MR) is 96.0 cm³/mol. The molecule has 3 aromatic rings. The predicted octanol–water partition coefficient (Wildman–Crippen LogP) is 5.09. The molecule has 4 heteroatoms. The smallest absolute Gasteiger partial charge is 0.349 e. The van der Waals surface area contributed by atoms with E-state index >= 15 is 0 Å². The molecular weight excluding hydrogens is 324 g/mol. The number of esters is 1. The van der Waals surface area contributed by atoms with Gasteiger partial charge in [-0.1, -0.05) is 54.1 Å². The monoisotopic (exact) mass is 340 g/mol. The highest BCUT2D eigenvalue weighted by molar-refractivity contribution is 6.35. The molecule has 122 valence electrons. The number of benzene rings is 3. The van der Waals surface area contributed by atoms with E-state index in [-0.39, 0.29) is 6.61 Å². The van der Waals surface area contributed by atoms with Gasteiger partial charge in [-0.25, -0.2) is 4.79 Å². The van der Waals surface area contributed by atoms with E-state index in [9.17, 15) is 4.79 Å². The van der Waals surface area contributed by atoms with E-state index in [1.165, 1.54) is 0 Å². The molecule has 0 N–H and O–H groups in total. The van der Waals surface area contributed by atoms with Crippen LogP contribution in [0.1, 0.15) is 11.1 Å². The van der Waals surface area contributed by atoms with Crippen LogP contribution in [0.25, 0.3) is 10.8 Å². The van der Waals surface area contributed by atoms with Crippen LogP contribution in [-0.2, 0) is 4.79 Å². The normalized spacial score (nSPS) is 10.6. The minimum Gasteiger partial charge on any atom is -0.481 e. The van der Waals surface area contributed by atoms with Crippen LogP contribution in [0.5, 0.6) is 11.5 Å². The van der Waals surface area contributed by atoms with Gasteiger partial charge in [0, 0.05) is 15.8 Å². The first kappa shape index (κ1) is 16.3. The molecule has 0 aliphatic carbocycles. The minimum atomic E-state index is -0.454. The van der Waals surface area contributed by atoms with Gasteiger partial charge in [-0.05, 0) is 37.1 Å². The summed E-state index contributed by atoms with van der Waals surface area (Å²) < 4.78 is 11.1. The summed E-state index contributed by atoms with van der Waals surface area (Å²) in [5.74, 6) is 0.741. The Bertz CT molecular complexity index is 882. The highest BCUT2D eigenvalue weighted by Gasteiger charge is 2.12. The first-order valence-electron chi connectivity index (χ1n) is 7.63. The van der Waals surface area contributed by atoms with Gasteiger partial charge in [0.1, 0.15) is 11.5 Å². The zero-order chi connectivity index (χ0) is 17.1. The molecule has 3 nitrogen and oxygen atoms in total. The number of hydrogen-bond donors (Lipinski definition) is 0. The van der Waals surface area contributed by atoms with Gasteiger partial charge in [0.15, 0.2) is 6.61 Å². The molecule has 3 aromatic carbocycles. The van der Waals surface area contributed by atoms with Crippen molar-refractivity contribution in [3.8, 4) is 11.5 Å². The summed E-state index contributed by atoms with van der Waals surface area (Å²) in [6.45, 7) is 3.74. The first-order chi connectivity index (χ1) is 11.6. The fraction of sp³-hybridized carbons (Fsp3) is 0.150. The molecule has 3 rings (SSSR count). The van der Waals surface area contributed by atoms with Crippen molar-refractivity contribution in [2.24, 2.45) is 0 Å². The Kier molecular flexibility index (Phi) is 4.72. The molecule has 0 fully saturated rings. The van der Waals surface area contributed by atoms with E-state index in [2.05, 4.69) is 0 Å². The number of carbonyl (C=O) groups is 1. The summed E-state index contributed by atoms with van der Waals surface area (Å²) in [4.78, 5) is 12.2. The number of fused-ring (bicyclic) bond motifs is 1. The van der Waals surface area contributed by atoms with Crippen LogP contribution >= 0.6 is 11.6 Å². The van der Waals surface area contributed by atoms with Crippen LogP contribution in [0.4, 0.5) is 0 Å². The number of rotatable bonds is 4. The summed E-state index contributed by atoms with van der Waals surface area (Å²) >= 11 is 6.18. The van der Waals surface area contributed by atoms with E-state index in [0.717, 1.165) is 27.6 Å². The highest BCUT2D eigenvalue weighted by atomic mass is 35.5. The second-order valence-corrected chi connectivity index (χ2v) is 5.98. The average molecular weight is 341 g/mol. The van der Waals surface area contributed by atoms with E-state index < -0.39 is 5.97 Å². The standard InChI is InChI=1S/C20H17ClO3/c1-13-6-5-7-14(2)20(13)23-12-19(22)24-18-11-10-17(21)15-8-3-4-9-16(15)18/h3-11H,12H2,1-2H3. The number of carbonyl (C=O) groups excluding carboxylic acids is 1. The minimum absolute atomic E-state index is 0.150. The van der Waals surface area contributed by atoms with Crippen molar-refractivity contribution >= 4 is 28.3 Å². The molecule has 0 radical (unpaired) electrons. The van der Waals surface area contributed by atoms with Crippen molar-refractivity contribution in [1.82, 2.24) is 0 Å². The third kappa shape index (κ3) is 3.36. The maximum Gasteiger partial charge on any atom is 0.349 e. The Morgan fingerprint density at radius 1 is 0.917 bits per heavy atom. The molecular formula is C20H17ClO3. The summed E-state index contributed by atoms with van der Waals surface area (Å²) in [5, 5.41) is 2.27. The number of ether oxygens (including phenoxy) is 2. The largest absolute Gasteiger partial charge is 0.481 e. The van der Waals surface area contributed by atoms with E-state index in [1.807, 2.05) is 56.3 Å². The number of aryl methyl sites for hydroxylation is 2. The molecule has 0 saturated heterocycles. The van der Waals surface area contributed by atoms with Gasteiger partial charge in [0.25, 0.3) is 0 Å². The van der Waals surface area contributed by atoms with Crippen LogP contribution in [0.15, 0.2) is 54.6 Å². The van der Waals surface area contributed by atoms with Gasteiger partial charge in [0.05, 0.1) is 0 Å². The molecule has 0 atom stereocenters. The van der Waals surface area contributed by atoms with E-state index in [0.29, 0.717) is 10.8 Å². The Balaban J connectivity index is 1.75. The third-order valence-electron chi connectivity index (χ3n) is 3.80. The number of halogens is 1. The molecule has 0 aromatic heterocycles. The van der Waals surface area contributed by atoms with Crippen molar-refractivity contribution in [3.05, 3.63) is 70.7 Å². The van der Waals surface area contributed by atoms with Crippen LogP contribution in [0.3, 0.4) is 0 Å². The number of para-hydroxylation sites is 1. The van der Waals surface area contributed by atoms with Crippen molar-refractivity contribution < 1.29 is 14.3 Å². The first-order valence-corrected chi connectivity index (χ1v) is 8.01. The maximum atomic E-state index is 12.2. The Hall–Kier alpha value is -2.52. The summed E-state index contributed by atoms with van der Waals surface area (Å²) in [7, 11) is 0. The van der Waals surface area contributed by atoms with Crippen LogP contribution in [0, 0.1) is 13.8 Å². The molecule has 0 spiro atoms. The van der Waals surface area contributed by atoms with Gasteiger partial charge < -0.3 is 9.47 Å². The third-order valence-corrected chi connectivity index (χ3v) is 4.13. The Morgan fingerprint density at radius 3 is 2.29 bits per heavy atom. The molecule has 0 unspecified atom stereocenters. The molecule has 0 aliphatic heterocycles. The van der Waals surface area contributed by atoms with Gasteiger partial charge in [-0.3, -0.25) is 0 Å². The van der Waals surface area contributed by atoms with Crippen molar-refractivity contribution in [2.45, 2.75) is 13.8 Å². The SMILES string of the molecule is Cc1cccc(C)c1OCC(=O)Oc1ccc(Cl)c2ccccc12. The zero-order valence-electron chi connectivity index (χ0n) is 13.5. The topological polar surface area (TPSA) is 35.5 Å². The summed E-state index contributed by atoms with van der Waals surface area (Å²) in [6.07, 6.45) is 0. The van der Waals surface area contributed by atoms with Crippen molar-refractivity contribution in [2.75, 3.05) is 6.61 Å². The molecule has 0 bridgehead atoms. The average Bonchev–Trinajstić information content (AvgIpc) is 2.57. The fourth-order valence-corrected chi connectivity index (χ4v) is 2.86. The van der Waals surface area contributed by atoms with E-state index in [4.69, 9.17) is 21.1 Å². The lowest BCUT2D eigenvalue weighted by Crippen LogP contribution is -2.18. The summed E-state index contributed by atoms with van der Waals surface area (Å²) in [6, 6.07) is 16.8. The fourth-order valence-electron chi connectivity index (χ4n) is 2.63. The molecule has 0 aliphatic rings. The van der Waals surface area contributed by atoms with Gasteiger partial charge in [0.2, 0.25) is 0 Å². The highest BCUT2D eigenvalue weighted by Crippen LogP contribution is 2.31. The quantitative estimate of drug-likeness (QED) is 0.490. The van der Waals surface area contributed by atoms with Gasteiger partial charge >= 0.3 is 5.97 Å². The van der Waals surface area contributed by atoms with Crippen molar-refractivity contribution in [3.63, 3.8) is 0 Å². The van der Waals surface area contributed by atoms with Crippen LogP contribution in [-0.4, -0.2) is 12.6 Å². The van der Waals surface area contributed by atoms with Gasteiger partial charge in [-0.15, -0.1) is 0 Å². The second-order valence-electron chi connectivity index (χ2n) is 5.57. The van der Waals surface area contributed by atoms with E-state index in [1.54, 1.807) is 12.1 Å². The number of hydrogen-bond acceptors (Lipinski definition) is 3. The molecule has 0 heterocycles.